The molecule has 2 N–H and O–H groups in total. The summed E-state index contributed by atoms with van der Waals surface area (Å²) in [5.74, 6) is 0.765. The number of hydrogen-bond acceptors (Lipinski definition) is 3. The van der Waals surface area contributed by atoms with Gasteiger partial charge in [-0.15, -0.1) is 0 Å². The molecule has 0 bridgehead atoms. The van der Waals surface area contributed by atoms with Crippen molar-refractivity contribution in [3.05, 3.63) is 60.1 Å². The van der Waals surface area contributed by atoms with Crippen molar-refractivity contribution >= 4 is 11.9 Å². The molecule has 6 heteroatoms. The van der Waals surface area contributed by atoms with Crippen molar-refractivity contribution in [3.63, 3.8) is 0 Å². The van der Waals surface area contributed by atoms with Crippen LogP contribution in [-0.4, -0.2) is 29.9 Å². The van der Waals surface area contributed by atoms with Crippen LogP contribution in [0.25, 0.3) is 0 Å². The SMILES string of the molecule is O=C(NCc1ccccc1)C1CCN(C(=O)NCc2ccco2)CC1. The molecule has 1 fully saturated rings. The molecule has 0 atom stereocenters. The fourth-order valence-corrected chi connectivity index (χ4v) is 2.96. The first-order valence-electron chi connectivity index (χ1n) is 8.59. The summed E-state index contributed by atoms with van der Waals surface area (Å²) in [5.41, 5.74) is 1.09. The molecule has 0 radical (unpaired) electrons. The second kappa shape index (κ2) is 8.37. The number of piperidine rings is 1. The van der Waals surface area contributed by atoms with Gasteiger partial charge in [0, 0.05) is 25.6 Å². The molecule has 0 spiro atoms. The van der Waals surface area contributed by atoms with Crippen molar-refractivity contribution in [3.8, 4) is 0 Å². The number of nitrogens with zero attached hydrogens (tertiary/aromatic N) is 1. The van der Waals surface area contributed by atoms with Gasteiger partial charge in [-0.25, -0.2) is 4.79 Å². The summed E-state index contributed by atoms with van der Waals surface area (Å²) in [6.45, 7) is 2.10. The van der Waals surface area contributed by atoms with Gasteiger partial charge in [0.1, 0.15) is 5.76 Å². The molecule has 2 heterocycles. The molecule has 1 saturated heterocycles. The average Bonchev–Trinajstić information content (AvgIpc) is 3.19. The molecule has 25 heavy (non-hydrogen) atoms. The van der Waals surface area contributed by atoms with E-state index in [0.717, 1.165) is 11.3 Å². The number of amides is 3. The number of likely N-dealkylation sites (tertiary alicyclic amines) is 1. The van der Waals surface area contributed by atoms with Crippen LogP contribution in [0, 0.1) is 5.92 Å². The number of urea groups is 1. The van der Waals surface area contributed by atoms with Crippen LogP contribution in [0.4, 0.5) is 4.79 Å². The number of nitrogens with one attached hydrogen (secondary N) is 2. The summed E-state index contributed by atoms with van der Waals surface area (Å²) in [7, 11) is 0. The number of carbonyl (C=O) groups is 2. The Morgan fingerprint density at radius 2 is 1.76 bits per heavy atom. The Bertz CT molecular complexity index is 677. The normalized spacial score (nSPS) is 15.0. The molecule has 1 aliphatic heterocycles. The van der Waals surface area contributed by atoms with E-state index in [-0.39, 0.29) is 17.9 Å². The summed E-state index contributed by atoms with van der Waals surface area (Å²) in [5, 5.41) is 5.82. The van der Waals surface area contributed by atoms with E-state index in [1.807, 2.05) is 36.4 Å². The van der Waals surface area contributed by atoms with Crippen LogP contribution in [0.5, 0.6) is 0 Å². The van der Waals surface area contributed by atoms with Gasteiger partial charge in [0.15, 0.2) is 0 Å². The van der Waals surface area contributed by atoms with Crippen LogP contribution in [0.1, 0.15) is 24.2 Å². The monoisotopic (exact) mass is 341 g/mol. The maximum atomic E-state index is 12.3. The second-order valence-corrected chi connectivity index (χ2v) is 6.20. The van der Waals surface area contributed by atoms with Crippen molar-refractivity contribution in [2.24, 2.45) is 5.92 Å². The Morgan fingerprint density at radius 3 is 2.44 bits per heavy atom. The lowest BCUT2D eigenvalue weighted by Crippen LogP contribution is -2.46. The van der Waals surface area contributed by atoms with Gasteiger partial charge in [-0.1, -0.05) is 30.3 Å². The van der Waals surface area contributed by atoms with E-state index in [1.54, 1.807) is 17.2 Å². The average molecular weight is 341 g/mol. The largest absolute Gasteiger partial charge is 0.467 e. The van der Waals surface area contributed by atoms with Gasteiger partial charge >= 0.3 is 6.03 Å². The van der Waals surface area contributed by atoms with Gasteiger partial charge in [0.25, 0.3) is 0 Å². The Balaban J connectivity index is 1.38. The number of hydrogen-bond donors (Lipinski definition) is 2. The maximum Gasteiger partial charge on any atom is 0.317 e. The number of carbonyl (C=O) groups excluding carboxylic acids is 2. The molecule has 0 saturated carbocycles. The molecule has 1 aliphatic rings. The predicted molar refractivity (Wildman–Crippen MR) is 93.5 cm³/mol. The summed E-state index contributed by atoms with van der Waals surface area (Å²) >= 11 is 0. The highest BCUT2D eigenvalue weighted by Gasteiger charge is 2.27. The first-order valence-corrected chi connectivity index (χ1v) is 8.59. The van der Waals surface area contributed by atoms with Crippen molar-refractivity contribution < 1.29 is 14.0 Å². The molecule has 132 valence electrons. The van der Waals surface area contributed by atoms with Gasteiger partial charge < -0.3 is 20.0 Å². The molecular weight excluding hydrogens is 318 g/mol. The number of benzene rings is 1. The predicted octanol–water partition coefficient (Wildman–Crippen LogP) is 2.52. The minimum Gasteiger partial charge on any atom is -0.467 e. The lowest BCUT2D eigenvalue weighted by atomic mass is 9.96. The molecule has 2 aromatic rings. The minimum absolute atomic E-state index is 0.0298. The number of furan rings is 1. The zero-order valence-corrected chi connectivity index (χ0v) is 14.1. The lowest BCUT2D eigenvalue weighted by Gasteiger charge is -2.31. The second-order valence-electron chi connectivity index (χ2n) is 6.20. The first kappa shape index (κ1) is 17.1. The van der Waals surface area contributed by atoms with E-state index < -0.39 is 0 Å². The Kier molecular flexibility index (Phi) is 5.72. The Labute approximate surface area is 147 Å². The fourth-order valence-electron chi connectivity index (χ4n) is 2.96. The highest BCUT2D eigenvalue weighted by Crippen LogP contribution is 2.17. The molecule has 0 aliphatic carbocycles. The third-order valence-corrected chi connectivity index (χ3v) is 4.46. The van der Waals surface area contributed by atoms with E-state index in [1.165, 1.54) is 0 Å². The lowest BCUT2D eigenvalue weighted by molar-refractivity contribution is -0.126. The standard InChI is InChI=1S/C19H23N3O3/c23-18(20-13-15-5-2-1-3-6-15)16-8-10-22(11-9-16)19(24)21-14-17-7-4-12-25-17/h1-7,12,16H,8-11,13-14H2,(H,20,23)(H,21,24). The van der Waals surface area contributed by atoms with E-state index in [4.69, 9.17) is 4.42 Å². The van der Waals surface area contributed by atoms with Crippen LogP contribution in [-0.2, 0) is 17.9 Å². The topological polar surface area (TPSA) is 74.6 Å². The van der Waals surface area contributed by atoms with Gasteiger partial charge in [-0.3, -0.25) is 4.79 Å². The molecule has 3 rings (SSSR count). The van der Waals surface area contributed by atoms with E-state index >= 15 is 0 Å². The summed E-state index contributed by atoms with van der Waals surface area (Å²) in [6.07, 6.45) is 2.96. The third-order valence-electron chi connectivity index (χ3n) is 4.46. The quantitative estimate of drug-likeness (QED) is 0.877. The summed E-state index contributed by atoms with van der Waals surface area (Å²) < 4.78 is 5.20. The minimum atomic E-state index is -0.112. The Morgan fingerprint density at radius 1 is 1.00 bits per heavy atom. The highest BCUT2D eigenvalue weighted by molar-refractivity contribution is 5.79. The van der Waals surface area contributed by atoms with E-state index in [0.29, 0.717) is 39.0 Å². The van der Waals surface area contributed by atoms with Crippen molar-refractivity contribution in [2.45, 2.75) is 25.9 Å². The van der Waals surface area contributed by atoms with Crippen molar-refractivity contribution in [1.29, 1.82) is 0 Å². The molecule has 6 nitrogen and oxygen atoms in total. The molecule has 1 aromatic carbocycles. The summed E-state index contributed by atoms with van der Waals surface area (Å²) in [6, 6.07) is 13.4. The maximum absolute atomic E-state index is 12.3. The highest BCUT2D eigenvalue weighted by atomic mass is 16.3. The van der Waals surface area contributed by atoms with Crippen LogP contribution in [0.2, 0.25) is 0 Å². The third kappa shape index (κ3) is 4.86. The molecule has 3 amide bonds. The molecule has 1 aromatic heterocycles. The molecule has 0 unspecified atom stereocenters. The number of rotatable bonds is 5. The van der Waals surface area contributed by atoms with Crippen molar-refractivity contribution in [2.75, 3.05) is 13.1 Å². The van der Waals surface area contributed by atoms with Crippen LogP contribution < -0.4 is 10.6 Å². The van der Waals surface area contributed by atoms with Gasteiger partial charge in [-0.2, -0.15) is 0 Å². The van der Waals surface area contributed by atoms with Gasteiger partial charge in [-0.05, 0) is 30.5 Å². The fraction of sp³-hybridized carbons (Fsp3) is 0.368. The Hall–Kier alpha value is -2.76. The van der Waals surface area contributed by atoms with E-state index in [9.17, 15) is 9.59 Å². The molecular formula is C19H23N3O3. The van der Waals surface area contributed by atoms with E-state index in [2.05, 4.69) is 10.6 Å². The van der Waals surface area contributed by atoms with Crippen LogP contribution >= 0.6 is 0 Å². The van der Waals surface area contributed by atoms with Gasteiger partial charge in [0.2, 0.25) is 5.91 Å². The first-order chi connectivity index (χ1) is 12.2. The summed E-state index contributed by atoms with van der Waals surface area (Å²) in [4.78, 5) is 26.2. The smallest absolute Gasteiger partial charge is 0.317 e. The van der Waals surface area contributed by atoms with Crippen molar-refractivity contribution in [1.82, 2.24) is 15.5 Å². The van der Waals surface area contributed by atoms with Crippen LogP contribution in [0.3, 0.4) is 0 Å². The van der Waals surface area contributed by atoms with Crippen LogP contribution in [0.15, 0.2) is 53.1 Å². The van der Waals surface area contributed by atoms with Gasteiger partial charge in [0.05, 0.1) is 12.8 Å². The zero-order valence-electron chi connectivity index (χ0n) is 14.1. The zero-order chi connectivity index (χ0) is 17.5.